The summed E-state index contributed by atoms with van der Waals surface area (Å²) in [6.45, 7) is 14.5. The fraction of sp³-hybridized carbons (Fsp3) is 0.484. The van der Waals surface area contributed by atoms with Crippen LogP contribution in [0.5, 0.6) is 0 Å². The highest BCUT2D eigenvalue weighted by Gasteiger charge is 2.42. The molecule has 0 aliphatic carbocycles. The van der Waals surface area contributed by atoms with Gasteiger partial charge in [0.1, 0.15) is 17.7 Å². The summed E-state index contributed by atoms with van der Waals surface area (Å²) in [7, 11) is 0. The number of benzene rings is 2. The van der Waals surface area contributed by atoms with Gasteiger partial charge in [0.15, 0.2) is 0 Å². The molecule has 2 aromatic carbocycles. The van der Waals surface area contributed by atoms with Crippen LogP contribution in [0.15, 0.2) is 48.5 Å². The molecule has 2 aromatic rings. The molecule has 0 radical (unpaired) electrons. The fourth-order valence-electron chi connectivity index (χ4n) is 4.27. The first kappa shape index (κ1) is 32.3. The number of nitrogens with one attached hydrogen (secondary N) is 2. The van der Waals surface area contributed by atoms with Crippen molar-refractivity contribution in [3.05, 3.63) is 65.2 Å². The van der Waals surface area contributed by atoms with Gasteiger partial charge in [-0.15, -0.1) is 0 Å². The lowest BCUT2D eigenvalue weighted by atomic mass is 9.94. The Balaban J connectivity index is 2.61. The predicted molar refractivity (Wildman–Crippen MR) is 157 cm³/mol. The lowest BCUT2D eigenvalue weighted by Crippen LogP contribution is -2.58. The van der Waals surface area contributed by atoms with Gasteiger partial charge in [0, 0.05) is 17.6 Å². The first-order valence-electron chi connectivity index (χ1n) is 13.6. The van der Waals surface area contributed by atoms with Crippen molar-refractivity contribution >= 4 is 29.5 Å². The molecule has 2 rings (SSSR count). The van der Waals surface area contributed by atoms with E-state index in [1.165, 1.54) is 4.90 Å². The van der Waals surface area contributed by atoms with Crippen LogP contribution in [0.4, 0.5) is 10.5 Å². The molecular weight excluding hydrogens is 508 g/mol. The molecule has 0 saturated heterocycles. The van der Waals surface area contributed by atoms with Gasteiger partial charge >= 0.3 is 6.09 Å². The third kappa shape index (κ3) is 9.39. The van der Waals surface area contributed by atoms with E-state index in [4.69, 9.17) is 10.5 Å². The normalized spacial score (nSPS) is 13.1. The number of rotatable bonds is 10. The standard InChI is InChI=1S/C31H44N4O5/c1-9-21-14-16-22(17-15-21)26(27(37)33-23-13-11-10-12-20(23)2)35(30(3,4)5)28(38)24(18-19-25(32)36)34-29(39)40-31(6,7)8/h10-17,24,26H,9,18-19H2,1-8H3,(H2,32,36)(H,33,37)(H,34,39). The van der Waals surface area contributed by atoms with Crippen LogP contribution in [-0.4, -0.2) is 45.9 Å². The van der Waals surface area contributed by atoms with E-state index in [1.54, 1.807) is 26.8 Å². The van der Waals surface area contributed by atoms with Crippen LogP contribution in [0.2, 0.25) is 0 Å². The first-order chi connectivity index (χ1) is 18.5. The average molecular weight is 553 g/mol. The minimum absolute atomic E-state index is 0.0547. The molecule has 218 valence electrons. The maximum atomic E-state index is 14.3. The number of amides is 4. The van der Waals surface area contributed by atoms with E-state index < -0.39 is 47.0 Å². The molecule has 0 saturated carbocycles. The molecular formula is C31H44N4O5. The van der Waals surface area contributed by atoms with Gasteiger partial charge in [-0.05, 0) is 84.1 Å². The van der Waals surface area contributed by atoms with Crippen molar-refractivity contribution in [1.29, 1.82) is 0 Å². The van der Waals surface area contributed by atoms with E-state index in [0.717, 1.165) is 17.5 Å². The topological polar surface area (TPSA) is 131 Å². The number of hydrogen-bond donors (Lipinski definition) is 3. The molecule has 40 heavy (non-hydrogen) atoms. The molecule has 0 fully saturated rings. The summed E-state index contributed by atoms with van der Waals surface area (Å²) >= 11 is 0. The molecule has 0 bridgehead atoms. The second kappa shape index (κ2) is 13.5. The third-order valence-corrected chi connectivity index (χ3v) is 6.24. The summed E-state index contributed by atoms with van der Waals surface area (Å²) in [5, 5.41) is 5.60. The highest BCUT2D eigenvalue weighted by Crippen LogP contribution is 2.32. The van der Waals surface area contributed by atoms with Gasteiger partial charge in [-0.25, -0.2) is 4.79 Å². The van der Waals surface area contributed by atoms with Gasteiger partial charge in [0.25, 0.3) is 5.91 Å². The highest BCUT2D eigenvalue weighted by molar-refractivity contribution is 5.99. The Kier molecular flexibility index (Phi) is 10.9. The van der Waals surface area contributed by atoms with Gasteiger partial charge in [0.2, 0.25) is 11.8 Å². The number of nitrogens with two attached hydrogens (primary N) is 1. The Morgan fingerprint density at radius 3 is 2.05 bits per heavy atom. The number of carbonyl (C=O) groups is 4. The van der Waals surface area contributed by atoms with Crippen LogP contribution in [0.3, 0.4) is 0 Å². The van der Waals surface area contributed by atoms with E-state index in [-0.39, 0.29) is 12.8 Å². The summed E-state index contributed by atoms with van der Waals surface area (Å²) in [5.41, 5.74) is 6.91. The number of primary amides is 1. The van der Waals surface area contributed by atoms with Gasteiger partial charge in [-0.2, -0.15) is 0 Å². The highest BCUT2D eigenvalue weighted by atomic mass is 16.6. The molecule has 4 amide bonds. The van der Waals surface area contributed by atoms with Crippen LogP contribution < -0.4 is 16.4 Å². The van der Waals surface area contributed by atoms with Crippen molar-refractivity contribution in [1.82, 2.24) is 10.2 Å². The van der Waals surface area contributed by atoms with Crippen LogP contribution in [0.25, 0.3) is 0 Å². The third-order valence-electron chi connectivity index (χ3n) is 6.24. The number of aryl methyl sites for hydroxylation is 2. The largest absolute Gasteiger partial charge is 0.444 e. The maximum Gasteiger partial charge on any atom is 0.408 e. The zero-order valence-electron chi connectivity index (χ0n) is 25.0. The molecule has 0 heterocycles. The van der Waals surface area contributed by atoms with E-state index in [1.807, 2.05) is 77.1 Å². The van der Waals surface area contributed by atoms with E-state index in [0.29, 0.717) is 11.3 Å². The minimum Gasteiger partial charge on any atom is -0.444 e. The van der Waals surface area contributed by atoms with Crippen molar-refractivity contribution < 1.29 is 23.9 Å². The van der Waals surface area contributed by atoms with E-state index >= 15 is 0 Å². The summed E-state index contributed by atoms with van der Waals surface area (Å²) in [6.07, 6.45) is -0.189. The Labute approximate surface area is 237 Å². The zero-order chi connectivity index (χ0) is 30.3. The first-order valence-corrected chi connectivity index (χ1v) is 13.6. The van der Waals surface area contributed by atoms with Crippen molar-refractivity contribution in [3.8, 4) is 0 Å². The number of para-hydroxylation sites is 1. The number of ether oxygens (including phenoxy) is 1. The van der Waals surface area contributed by atoms with Crippen molar-refractivity contribution in [2.75, 3.05) is 5.32 Å². The molecule has 2 unspecified atom stereocenters. The fourth-order valence-corrected chi connectivity index (χ4v) is 4.27. The van der Waals surface area contributed by atoms with E-state index in [2.05, 4.69) is 10.6 Å². The van der Waals surface area contributed by atoms with Crippen LogP contribution in [-0.2, 0) is 25.5 Å². The van der Waals surface area contributed by atoms with Crippen molar-refractivity contribution in [2.24, 2.45) is 5.73 Å². The van der Waals surface area contributed by atoms with Crippen molar-refractivity contribution in [3.63, 3.8) is 0 Å². The Morgan fingerprint density at radius 2 is 1.55 bits per heavy atom. The van der Waals surface area contributed by atoms with Gasteiger partial charge in [-0.1, -0.05) is 49.4 Å². The molecule has 9 heteroatoms. The van der Waals surface area contributed by atoms with Crippen LogP contribution >= 0.6 is 0 Å². The predicted octanol–water partition coefficient (Wildman–Crippen LogP) is 5.02. The molecule has 0 aromatic heterocycles. The zero-order valence-corrected chi connectivity index (χ0v) is 25.0. The second-order valence-corrected chi connectivity index (χ2v) is 11.9. The smallest absolute Gasteiger partial charge is 0.408 e. The number of alkyl carbamates (subject to hydrolysis) is 1. The number of hydrogen-bond acceptors (Lipinski definition) is 5. The summed E-state index contributed by atoms with van der Waals surface area (Å²) in [6, 6.07) is 12.7. The lowest BCUT2D eigenvalue weighted by Gasteiger charge is -2.43. The van der Waals surface area contributed by atoms with E-state index in [9.17, 15) is 19.2 Å². The van der Waals surface area contributed by atoms with Crippen LogP contribution in [0, 0.1) is 6.92 Å². The second-order valence-electron chi connectivity index (χ2n) is 11.9. The SMILES string of the molecule is CCc1ccc(C(C(=O)Nc2ccccc2C)N(C(=O)C(CCC(N)=O)NC(=O)OC(C)(C)C)C(C)(C)C)cc1. The molecule has 2 atom stereocenters. The average Bonchev–Trinajstić information content (AvgIpc) is 2.84. The summed E-state index contributed by atoms with van der Waals surface area (Å²) in [5.74, 6) is -1.56. The lowest BCUT2D eigenvalue weighted by molar-refractivity contribution is -0.147. The molecule has 4 N–H and O–H groups in total. The molecule has 0 spiro atoms. The van der Waals surface area contributed by atoms with Crippen molar-refractivity contribution in [2.45, 2.75) is 97.9 Å². The number of carbonyl (C=O) groups excluding carboxylic acids is 4. The minimum atomic E-state index is -1.16. The number of nitrogens with zero attached hydrogens (tertiary/aromatic N) is 1. The quantitative estimate of drug-likeness (QED) is 0.381. The Bertz CT molecular complexity index is 1200. The van der Waals surface area contributed by atoms with Gasteiger partial charge in [-0.3, -0.25) is 14.4 Å². The summed E-state index contributed by atoms with van der Waals surface area (Å²) < 4.78 is 5.38. The monoisotopic (exact) mass is 552 g/mol. The van der Waals surface area contributed by atoms with Gasteiger partial charge < -0.3 is 26.0 Å². The van der Waals surface area contributed by atoms with Crippen LogP contribution in [0.1, 0.15) is 84.0 Å². The molecule has 0 aliphatic rings. The Hall–Kier alpha value is -3.88. The van der Waals surface area contributed by atoms with Gasteiger partial charge in [0.05, 0.1) is 0 Å². The Morgan fingerprint density at radius 1 is 0.950 bits per heavy atom. The summed E-state index contributed by atoms with van der Waals surface area (Å²) in [4.78, 5) is 54.1. The maximum absolute atomic E-state index is 14.3. The number of anilines is 1. The molecule has 9 nitrogen and oxygen atoms in total. The molecule has 0 aliphatic heterocycles.